The van der Waals surface area contributed by atoms with Crippen LogP contribution >= 0.6 is 11.3 Å². The molecule has 0 radical (unpaired) electrons. The number of H-pyrrole nitrogens is 1. The number of fused-ring (bicyclic) bond motifs is 3. The normalized spacial score (nSPS) is 18.0. The summed E-state index contributed by atoms with van der Waals surface area (Å²) in [6, 6.07) is 11.4. The van der Waals surface area contributed by atoms with Gasteiger partial charge in [-0.25, -0.2) is 4.68 Å². The molecule has 4 aromatic rings. The van der Waals surface area contributed by atoms with Crippen molar-refractivity contribution in [1.29, 1.82) is 0 Å². The summed E-state index contributed by atoms with van der Waals surface area (Å²) in [7, 11) is -1.20. The number of alkyl halides is 3. The molecule has 208 valence electrons. The second-order valence-corrected chi connectivity index (χ2v) is 17.5. The van der Waals surface area contributed by atoms with Crippen molar-refractivity contribution in [2.45, 2.75) is 57.4 Å². The summed E-state index contributed by atoms with van der Waals surface area (Å²) in [4.78, 5) is 16.3. The van der Waals surface area contributed by atoms with E-state index in [4.69, 9.17) is 14.2 Å². The fourth-order valence-corrected chi connectivity index (χ4v) is 6.28. The van der Waals surface area contributed by atoms with Crippen LogP contribution in [0.1, 0.15) is 16.8 Å². The lowest BCUT2D eigenvalue weighted by atomic mass is 9.91. The summed E-state index contributed by atoms with van der Waals surface area (Å²) in [6.07, 6.45) is -1.37. The monoisotopic (exact) mass is 577 g/mol. The number of aromatic amines is 1. The Morgan fingerprint density at radius 1 is 1.23 bits per heavy atom. The first-order chi connectivity index (χ1) is 18.5. The quantitative estimate of drug-likeness (QED) is 0.187. The van der Waals surface area contributed by atoms with Crippen LogP contribution in [0.2, 0.25) is 25.7 Å². The van der Waals surface area contributed by atoms with E-state index in [0.29, 0.717) is 33.9 Å². The van der Waals surface area contributed by atoms with Crippen molar-refractivity contribution in [1.82, 2.24) is 14.8 Å². The number of halogens is 3. The summed E-state index contributed by atoms with van der Waals surface area (Å²) >= 11 is 1.20. The van der Waals surface area contributed by atoms with E-state index in [1.54, 1.807) is 53.5 Å². The lowest BCUT2D eigenvalue weighted by Gasteiger charge is -2.39. The van der Waals surface area contributed by atoms with Gasteiger partial charge in [-0.15, -0.1) is 11.3 Å². The summed E-state index contributed by atoms with van der Waals surface area (Å²) in [6.45, 7) is 6.68. The van der Waals surface area contributed by atoms with E-state index < -0.39 is 32.0 Å². The second-order valence-electron chi connectivity index (χ2n) is 10.9. The molecule has 0 bridgehead atoms. The molecule has 1 aliphatic rings. The maximum Gasteiger partial charge on any atom is 0.425 e. The Hall–Kier alpha value is -2.77. The molecule has 1 unspecified atom stereocenters. The average molecular weight is 578 g/mol. The van der Waals surface area contributed by atoms with Crippen LogP contribution in [0, 0.1) is 0 Å². The number of hydrogen-bond acceptors (Lipinski definition) is 6. The minimum Gasteiger partial charge on any atom is -0.373 e. The minimum atomic E-state index is -4.83. The SMILES string of the molecule is C[Si](C)(C)CCOCn1cc(-c2cc3c4c([nH]c(=O)c3s2)C(OCc2ccccc2)(C(F)(F)F)COC4)cn1. The molecule has 5 rings (SSSR count). The summed E-state index contributed by atoms with van der Waals surface area (Å²) < 4.78 is 62.7. The zero-order valence-electron chi connectivity index (χ0n) is 21.9. The molecule has 3 aromatic heterocycles. The summed E-state index contributed by atoms with van der Waals surface area (Å²) in [5.41, 5.74) is -2.10. The van der Waals surface area contributed by atoms with Crippen molar-refractivity contribution in [2.24, 2.45) is 0 Å². The topological polar surface area (TPSA) is 78.4 Å². The van der Waals surface area contributed by atoms with Crippen LogP contribution in [0.25, 0.3) is 20.5 Å². The largest absolute Gasteiger partial charge is 0.425 e. The van der Waals surface area contributed by atoms with Gasteiger partial charge in [0.15, 0.2) is 0 Å². The molecule has 0 fully saturated rings. The number of nitrogens with zero attached hydrogens (tertiary/aromatic N) is 2. The Balaban J connectivity index is 1.46. The number of aromatic nitrogens is 3. The molecule has 0 aliphatic carbocycles. The summed E-state index contributed by atoms with van der Waals surface area (Å²) in [5.74, 6) is 0. The fraction of sp³-hybridized carbons (Fsp3) is 0.407. The van der Waals surface area contributed by atoms with Crippen LogP contribution in [0.4, 0.5) is 13.2 Å². The molecular weight excluding hydrogens is 547 g/mol. The highest BCUT2D eigenvalue weighted by Gasteiger charge is 2.61. The third-order valence-electron chi connectivity index (χ3n) is 6.68. The van der Waals surface area contributed by atoms with Crippen molar-refractivity contribution in [3.8, 4) is 10.4 Å². The molecule has 0 saturated heterocycles. The molecule has 12 heteroatoms. The molecule has 0 amide bonds. The van der Waals surface area contributed by atoms with E-state index in [2.05, 4.69) is 29.7 Å². The molecule has 1 atom stereocenters. The number of pyridine rings is 1. The number of benzene rings is 1. The van der Waals surface area contributed by atoms with Gasteiger partial charge in [-0.1, -0.05) is 50.0 Å². The molecule has 7 nitrogen and oxygen atoms in total. The van der Waals surface area contributed by atoms with Gasteiger partial charge in [0.25, 0.3) is 5.56 Å². The van der Waals surface area contributed by atoms with E-state index >= 15 is 0 Å². The number of thiophene rings is 1. The molecule has 0 spiro atoms. The van der Waals surface area contributed by atoms with Gasteiger partial charge >= 0.3 is 6.18 Å². The van der Waals surface area contributed by atoms with E-state index in [1.165, 1.54) is 11.3 Å². The highest BCUT2D eigenvalue weighted by molar-refractivity contribution is 7.22. The number of rotatable bonds is 9. The number of ether oxygens (including phenoxy) is 3. The van der Waals surface area contributed by atoms with Gasteiger partial charge in [-0.2, -0.15) is 18.3 Å². The van der Waals surface area contributed by atoms with Crippen molar-refractivity contribution in [3.05, 3.63) is 76.0 Å². The van der Waals surface area contributed by atoms with Gasteiger partial charge in [0.1, 0.15) is 11.4 Å². The molecule has 1 aromatic carbocycles. The van der Waals surface area contributed by atoms with Gasteiger partial charge in [0.2, 0.25) is 5.60 Å². The Labute approximate surface area is 228 Å². The lowest BCUT2D eigenvalue weighted by molar-refractivity contribution is -0.311. The van der Waals surface area contributed by atoms with E-state index in [0.717, 1.165) is 11.6 Å². The first-order valence-electron chi connectivity index (χ1n) is 12.6. The van der Waals surface area contributed by atoms with Crippen LogP contribution in [0.3, 0.4) is 0 Å². The third-order valence-corrected chi connectivity index (χ3v) is 9.57. The molecule has 4 heterocycles. The Morgan fingerprint density at radius 3 is 2.72 bits per heavy atom. The van der Waals surface area contributed by atoms with Crippen LogP contribution in [-0.2, 0) is 39.8 Å². The van der Waals surface area contributed by atoms with Crippen LogP contribution in [0.15, 0.2) is 53.6 Å². The van der Waals surface area contributed by atoms with Gasteiger partial charge in [0, 0.05) is 42.3 Å². The zero-order valence-corrected chi connectivity index (χ0v) is 23.7. The highest BCUT2D eigenvalue weighted by Crippen LogP contribution is 2.47. The van der Waals surface area contributed by atoms with E-state index in [9.17, 15) is 18.0 Å². The van der Waals surface area contributed by atoms with Gasteiger partial charge in [-0.3, -0.25) is 4.79 Å². The average Bonchev–Trinajstić information content (AvgIpc) is 3.53. The lowest BCUT2D eigenvalue weighted by Crippen LogP contribution is -2.52. The Kier molecular flexibility index (Phi) is 7.59. The molecular formula is C27H30F3N3O4SSi. The van der Waals surface area contributed by atoms with Gasteiger partial charge in [-0.05, 0) is 17.7 Å². The van der Waals surface area contributed by atoms with Crippen LogP contribution in [0.5, 0.6) is 0 Å². The predicted octanol–water partition coefficient (Wildman–Crippen LogP) is 6.27. The van der Waals surface area contributed by atoms with Crippen LogP contribution in [-0.4, -0.2) is 42.2 Å². The highest BCUT2D eigenvalue weighted by atomic mass is 32.1. The number of hydrogen-bond donors (Lipinski definition) is 1. The predicted molar refractivity (Wildman–Crippen MR) is 146 cm³/mol. The smallest absolute Gasteiger partial charge is 0.373 e. The van der Waals surface area contributed by atoms with Crippen molar-refractivity contribution >= 4 is 29.5 Å². The maximum absolute atomic E-state index is 14.6. The van der Waals surface area contributed by atoms with E-state index in [-0.39, 0.29) is 24.5 Å². The van der Waals surface area contributed by atoms with Gasteiger partial charge < -0.3 is 19.2 Å². The minimum absolute atomic E-state index is 0.0739. The Bertz CT molecular complexity index is 1510. The molecule has 1 N–H and O–H groups in total. The standard InChI is InChI=1S/C27H30F3N3O4SSi/c1-39(2,3)10-9-35-17-33-13-19(12-31-33)22-11-20-21-15-36-16-26(27(28,29)30,24(21)32-25(34)23(20)38-22)37-14-18-7-5-4-6-8-18/h4-8,11-13H,9-10,14-17H2,1-3H3,(H,32,34). The zero-order chi connectivity index (χ0) is 27.8. The van der Waals surface area contributed by atoms with Crippen molar-refractivity contribution in [2.75, 3.05) is 13.2 Å². The molecule has 0 saturated carbocycles. The fourth-order valence-electron chi connectivity index (χ4n) is 4.47. The second kappa shape index (κ2) is 10.7. The van der Waals surface area contributed by atoms with Gasteiger partial charge in [0.05, 0.1) is 31.7 Å². The first kappa shape index (κ1) is 27.8. The third kappa shape index (κ3) is 5.75. The Morgan fingerprint density at radius 2 is 2.00 bits per heavy atom. The van der Waals surface area contributed by atoms with Crippen molar-refractivity contribution in [3.63, 3.8) is 0 Å². The number of nitrogens with one attached hydrogen (secondary N) is 1. The first-order valence-corrected chi connectivity index (χ1v) is 17.1. The summed E-state index contributed by atoms with van der Waals surface area (Å²) in [5, 5.41) is 4.77. The molecule has 39 heavy (non-hydrogen) atoms. The van der Waals surface area contributed by atoms with Crippen LogP contribution < -0.4 is 5.56 Å². The van der Waals surface area contributed by atoms with Crippen molar-refractivity contribution < 1.29 is 27.4 Å². The van der Waals surface area contributed by atoms with E-state index in [1.807, 2.05) is 0 Å². The molecule has 1 aliphatic heterocycles. The maximum atomic E-state index is 14.6.